The first kappa shape index (κ1) is 19.2. The summed E-state index contributed by atoms with van der Waals surface area (Å²) in [6, 6.07) is 0. The van der Waals surface area contributed by atoms with E-state index in [0.29, 0.717) is 16.7 Å². The summed E-state index contributed by atoms with van der Waals surface area (Å²) in [7, 11) is 3.64. The molecule has 4 aliphatic carbocycles. The first-order chi connectivity index (χ1) is 12.3. The van der Waals surface area contributed by atoms with Crippen molar-refractivity contribution in [2.24, 2.45) is 40.4 Å². The van der Waals surface area contributed by atoms with E-state index < -0.39 is 0 Å². The molecule has 150 valence electrons. The number of fused-ring (bicyclic) bond motifs is 5. The Kier molecular flexibility index (Phi) is 4.77. The average molecular weight is 365 g/mol. The van der Waals surface area contributed by atoms with Gasteiger partial charge in [-0.05, 0) is 92.3 Å². The lowest BCUT2D eigenvalue weighted by Crippen LogP contribution is -2.56. The topological polar surface area (TPSA) is 38.7 Å². The highest BCUT2D eigenvalue weighted by Crippen LogP contribution is 2.68. The molecule has 8 atom stereocenters. The maximum Gasteiger partial charge on any atom is 0.167 e. The molecule has 4 aliphatic rings. The molecular formula is C23H40O3. The fourth-order valence-corrected chi connectivity index (χ4v) is 8.48. The number of aliphatic hydroxyl groups excluding tert-OH is 1. The van der Waals surface area contributed by atoms with Gasteiger partial charge in [-0.25, -0.2) is 0 Å². The van der Waals surface area contributed by atoms with E-state index in [1.165, 1.54) is 44.9 Å². The molecule has 0 amide bonds. The molecule has 1 N–H and O–H groups in total. The molecule has 26 heavy (non-hydrogen) atoms. The molecule has 0 aromatic rings. The molecule has 3 heteroatoms. The predicted molar refractivity (Wildman–Crippen MR) is 104 cm³/mol. The fourth-order valence-electron chi connectivity index (χ4n) is 8.48. The molecule has 0 aromatic carbocycles. The summed E-state index contributed by atoms with van der Waals surface area (Å²) in [6.45, 7) is 7.13. The molecule has 0 spiro atoms. The van der Waals surface area contributed by atoms with Gasteiger partial charge in [-0.1, -0.05) is 13.8 Å². The molecule has 4 rings (SSSR count). The minimum Gasteiger partial charge on any atom is -0.393 e. The summed E-state index contributed by atoms with van der Waals surface area (Å²) in [5.41, 5.74) is 0.823. The van der Waals surface area contributed by atoms with Gasteiger partial charge in [-0.3, -0.25) is 0 Å². The highest BCUT2D eigenvalue weighted by molar-refractivity contribution is 5.10. The second-order valence-corrected chi connectivity index (χ2v) is 10.6. The SMILES string of the molecule is COC1(OC)CC[C@@]2(C)[C@@H](CC[C@@H]3[C@@H]2CC[C@]2(C)[C@@H]([C@H](C)O)CC[C@@H]32)C1. The Morgan fingerprint density at radius 1 is 0.846 bits per heavy atom. The van der Waals surface area contributed by atoms with E-state index in [1.54, 1.807) is 0 Å². The van der Waals surface area contributed by atoms with E-state index in [2.05, 4.69) is 13.8 Å². The van der Waals surface area contributed by atoms with Crippen LogP contribution in [0.3, 0.4) is 0 Å². The summed E-state index contributed by atoms with van der Waals surface area (Å²) >= 11 is 0. The van der Waals surface area contributed by atoms with Crippen LogP contribution in [0.2, 0.25) is 0 Å². The predicted octanol–water partition coefficient (Wildman–Crippen LogP) is 5.02. The third-order valence-corrected chi connectivity index (χ3v) is 10.1. The normalized spacial score (nSPS) is 51.2. The smallest absolute Gasteiger partial charge is 0.167 e. The van der Waals surface area contributed by atoms with Crippen molar-refractivity contribution in [1.82, 2.24) is 0 Å². The molecule has 0 bridgehead atoms. The quantitative estimate of drug-likeness (QED) is 0.715. The van der Waals surface area contributed by atoms with Crippen LogP contribution < -0.4 is 0 Å². The van der Waals surface area contributed by atoms with Gasteiger partial charge in [0.05, 0.1) is 6.10 Å². The second-order valence-electron chi connectivity index (χ2n) is 10.6. The largest absolute Gasteiger partial charge is 0.393 e. The van der Waals surface area contributed by atoms with Crippen molar-refractivity contribution < 1.29 is 14.6 Å². The standard InChI is InChI=1S/C23H40O3/c1-15(24)18-8-9-19-17-7-6-16-14-23(25-4,26-5)13-12-21(16,2)20(17)10-11-22(18,19)3/h15-20,24H,6-14H2,1-5H3/t15-,16-,17-,18+,19-,20-,21-,22+/m0/s1. The van der Waals surface area contributed by atoms with E-state index in [-0.39, 0.29) is 11.9 Å². The van der Waals surface area contributed by atoms with Crippen LogP contribution >= 0.6 is 0 Å². The summed E-state index contributed by atoms with van der Waals surface area (Å²) in [6.07, 6.45) is 11.2. The van der Waals surface area contributed by atoms with E-state index in [1.807, 2.05) is 21.1 Å². The van der Waals surface area contributed by atoms with Gasteiger partial charge in [0.1, 0.15) is 0 Å². The summed E-state index contributed by atoms with van der Waals surface area (Å²) in [5, 5.41) is 10.4. The zero-order valence-corrected chi connectivity index (χ0v) is 17.6. The van der Waals surface area contributed by atoms with E-state index in [0.717, 1.165) is 36.5 Å². The van der Waals surface area contributed by atoms with Gasteiger partial charge in [0.15, 0.2) is 5.79 Å². The van der Waals surface area contributed by atoms with Gasteiger partial charge >= 0.3 is 0 Å². The van der Waals surface area contributed by atoms with E-state index in [9.17, 15) is 5.11 Å². The highest BCUT2D eigenvalue weighted by Gasteiger charge is 2.61. The Bertz CT molecular complexity index is 528. The number of rotatable bonds is 3. The number of hydrogen-bond donors (Lipinski definition) is 1. The highest BCUT2D eigenvalue weighted by atomic mass is 16.7. The monoisotopic (exact) mass is 364 g/mol. The Labute approximate surface area is 160 Å². The zero-order chi connectivity index (χ0) is 18.7. The van der Waals surface area contributed by atoms with Gasteiger partial charge in [0.2, 0.25) is 0 Å². The average Bonchev–Trinajstić information content (AvgIpc) is 2.99. The number of ether oxygens (including phenoxy) is 2. The molecule has 0 aliphatic heterocycles. The molecule has 0 unspecified atom stereocenters. The summed E-state index contributed by atoms with van der Waals surface area (Å²) in [4.78, 5) is 0. The van der Waals surface area contributed by atoms with Crippen LogP contribution in [-0.4, -0.2) is 31.2 Å². The number of aliphatic hydroxyl groups is 1. The van der Waals surface area contributed by atoms with Crippen molar-refractivity contribution in [3.8, 4) is 0 Å². The Balaban J connectivity index is 1.57. The molecule has 0 heterocycles. The number of hydrogen-bond acceptors (Lipinski definition) is 3. The molecular weight excluding hydrogens is 324 g/mol. The Morgan fingerprint density at radius 2 is 1.54 bits per heavy atom. The Hall–Kier alpha value is -0.120. The lowest BCUT2D eigenvalue weighted by atomic mass is 9.44. The van der Waals surface area contributed by atoms with Crippen LogP contribution in [0.1, 0.15) is 78.6 Å². The Morgan fingerprint density at radius 3 is 2.19 bits per heavy atom. The van der Waals surface area contributed by atoms with Gasteiger partial charge in [-0.15, -0.1) is 0 Å². The molecule has 3 nitrogen and oxygen atoms in total. The maximum absolute atomic E-state index is 10.4. The fraction of sp³-hybridized carbons (Fsp3) is 1.00. The van der Waals surface area contributed by atoms with Crippen LogP contribution in [0, 0.1) is 40.4 Å². The third-order valence-electron chi connectivity index (χ3n) is 10.1. The van der Waals surface area contributed by atoms with Crippen molar-refractivity contribution in [2.75, 3.05) is 14.2 Å². The van der Waals surface area contributed by atoms with Crippen molar-refractivity contribution in [2.45, 2.75) is 90.4 Å². The molecule has 4 fully saturated rings. The van der Waals surface area contributed by atoms with Gasteiger partial charge in [0.25, 0.3) is 0 Å². The van der Waals surface area contributed by atoms with Crippen LogP contribution in [0.25, 0.3) is 0 Å². The van der Waals surface area contributed by atoms with Crippen LogP contribution in [0.4, 0.5) is 0 Å². The van der Waals surface area contributed by atoms with Crippen LogP contribution in [-0.2, 0) is 9.47 Å². The van der Waals surface area contributed by atoms with E-state index in [4.69, 9.17) is 9.47 Å². The van der Waals surface area contributed by atoms with Crippen molar-refractivity contribution >= 4 is 0 Å². The first-order valence-corrected chi connectivity index (χ1v) is 11.1. The van der Waals surface area contributed by atoms with Crippen LogP contribution in [0.5, 0.6) is 0 Å². The maximum atomic E-state index is 10.4. The molecule has 4 saturated carbocycles. The summed E-state index contributed by atoms with van der Waals surface area (Å²) in [5.74, 6) is 3.46. The van der Waals surface area contributed by atoms with Gasteiger partial charge in [-0.2, -0.15) is 0 Å². The van der Waals surface area contributed by atoms with Crippen LogP contribution in [0.15, 0.2) is 0 Å². The van der Waals surface area contributed by atoms with Crippen molar-refractivity contribution in [3.05, 3.63) is 0 Å². The van der Waals surface area contributed by atoms with Crippen molar-refractivity contribution in [3.63, 3.8) is 0 Å². The zero-order valence-electron chi connectivity index (χ0n) is 17.6. The molecule has 0 aromatic heterocycles. The van der Waals surface area contributed by atoms with Crippen molar-refractivity contribution in [1.29, 1.82) is 0 Å². The minimum absolute atomic E-state index is 0.146. The van der Waals surface area contributed by atoms with Gasteiger partial charge < -0.3 is 14.6 Å². The van der Waals surface area contributed by atoms with E-state index >= 15 is 0 Å². The second kappa shape index (κ2) is 6.46. The first-order valence-electron chi connectivity index (χ1n) is 11.1. The minimum atomic E-state index is -0.342. The lowest BCUT2D eigenvalue weighted by molar-refractivity contribution is -0.261. The van der Waals surface area contributed by atoms with Gasteiger partial charge in [0, 0.05) is 27.1 Å². The summed E-state index contributed by atoms with van der Waals surface area (Å²) < 4.78 is 11.7. The molecule has 0 saturated heterocycles. The molecule has 0 radical (unpaired) electrons. The number of methoxy groups -OCH3 is 2. The lowest BCUT2D eigenvalue weighted by Gasteiger charge is -2.62. The third kappa shape index (κ3) is 2.56.